The van der Waals surface area contributed by atoms with Gasteiger partial charge in [-0.15, -0.1) is 0 Å². The third-order valence-corrected chi connectivity index (χ3v) is 4.46. The van der Waals surface area contributed by atoms with E-state index >= 15 is 0 Å². The van der Waals surface area contributed by atoms with Gasteiger partial charge in [-0.2, -0.15) is 0 Å². The molecule has 1 aliphatic rings. The lowest BCUT2D eigenvalue weighted by Gasteiger charge is -2.06. The van der Waals surface area contributed by atoms with Crippen molar-refractivity contribution >= 4 is 38.9 Å². The number of carbonyl (C=O) groups is 1. The van der Waals surface area contributed by atoms with Crippen molar-refractivity contribution in [3.8, 4) is 11.5 Å². The summed E-state index contributed by atoms with van der Waals surface area (Å²) in [5.74, 6) is 0.793. The van der Waals surface area contributed by atoms with Crippen LogP contribution in [-0.2, 0) is 16.1 Å². The van der Waals surface area contributed by atoms with Crippen LogP contribution in [0.5, 0.6) is 11.5 Å². The summed E-state index contributed by atoms with van der Waals surface area (Å²) in [4.78, 5) is 23.7. The van der Waals surface area contributed by atoms with Crippen LogP contribution in [0.4, 0.5) is 0 Å². The fraction of sp³-hybridized carbons (Fsp3) is 0.100. The maximum absolute atomic E-state index is 12.0. The number of ether oxygens (including phenoxy) is 3. The molecule has 0 radical (unpaired) electrons. The number of carbonyl (C=O) groups excluding carboxylic acids is 1. The van der Waals surface area contributed by atoms with Gasteiger partial charge in [0, 0.05) is 27.6 Å². The van der Waals surface area contributed by atoms with E-state index in [-0.39, 0.29) is 13.4 Å². The molecule has 0 saturated heterocycles. The summed E-state index contributed by atoms with van der Waals surface area (Å²) in [6.45, 7) is 0.161. The van der Waals surface area contributed by atoms with Crippen LogP contribution in [0.2, 0.25) is 0 Å². The molecule has 3 aromatic rings. The number of fused-ring (bicyclic) bond motifs is 2. The van der Waals surface area contributed by atoms with Gasteiger partial charge in [0.25, 0.3) is 0 Å². The molecule has 1 aromatic heterocycles. The first-order chi connectivity index (χ1) is 13.1. The SMILES string of the molecule is O=C(C=Cc1ccc2c(c1)OCO2)OCc1cc(=O)oc2cc(Br)ccc12. The third kappa shape index (κ3) is 3.88. The second kappa shape index (κ2) is 7.28. The number of benzene rings is 2. The third-order valence-electron chi connectivity index (χ3n) is 3.97. The molecule has 0 saturated carbocycles. The van der Waals surface area contributed by atoms with Crippen molar-refractivity contribution in [3.05, 3.63) is 74.6 Å². The molecule has 0 aliphatic carbocycles. The van der Waals surface area contributed by atoms with Crippen LogP contribution in [-0.4, -0.2) is 12.8 Å². The van der Waals surface area contributed by atoms with E-state index in [1.54, 1.807) is 30.3 Å². The highest BCUT2D eigenvalue weighted by Crippen LogP contribution is 2.32. The van der Waals surface area contributed by atoms with Gasteiger partial charge in [-0.1, -0.05) is 22.0 Å². The summed E-state index contributed by atoms with van der Waals surface area (Å²) < 4.78 is 21.8. The largest absolute Gasteiger partial charge is 0.458 e. The maximum Gasteiger partial charge on any atom is 0.336 e. The minimum absolute atomic E-state index is 0.0337. The Morgan fingerprint density at radius 2 is 1.96 bits per heavy atom. The van der Waals surface area contributed by atoms with Crippen LogP contribution in [0.1, 0.15) is 11.1 Å². The standard InChI is InChI=1S/C20H13BrO6/c21-14-3-4-15-13(8-20(23)27-17(15)9-14)10-24-19(22)6-2-12-1-5-16-18(7-12)26-11-25-16/h1-9H,10-11H2. The van der Waals surface area contributed by atoms with Crippen molar-refractivity contribution in [1.29, 1.82) is 0 Å². The van der Waals surface area contributed by atoms with Gasteiger partial charge in [0.2, 0.25) is 6.79 Å². The Balaban J connectivity index is 1.46. The molecule has 2 aromatic carbocycles. The molecule has 0 N–H and O–H groups in total. The number of esters is 1. The van der Waals surface area contributed by atoms with Gasteiger partial charge in [-0.3, -0.25) is 0 Å². The highest BCUT2D eigenvalue weighted by Gasteiger charge is 2.12. The predicted molar refractivity (Wildman–Crippen MR) is 102 cm³/mol. The van der Waals surface area contributed by atoms with Gasteiger partial charge in [-0.25, -0.2) is 9.59 Å². The molecule has 2 heterocycles. The Kier molecular flexibility index (Phi) is 4.68. The smallest absolute Gasteiger partial charge is 0.336 e. The minimum Gasteiger partial charge on any atom is -0.458 e. The molecule has 0 unspecified atom stereocenters. The van der Waals surface area contributed by atoms with Gasteiger partial charge in [0.1, 0.15) is 12.2 Å². The van der Waals surface area contributed by atoms with Crippen LogP contribution in [0.3, 0.4) is 0 Å². The zero-order valence-corrected chi connectivity index (χ0v) is 15.5. The molecule has 1 aliphatic heterocycles. The monoisotopic (exact) mass is 428 g/mol. The minimum atomic E-state index is -0.522. The first-order valence-corrected chi connectivity index (χ1v) is 8.84. The highest BCUT2D eigenvalue weighted by molar-refractivity contribution is 9.10. The van der Waals surface area contributed by atoms with E-state index in [9.17, 15) is 9.59 Å². The first-order valence-electron chi connectivity index (χ1n) is 8.05. The van der Waals surface area contributed by atoms with E-state index in [1.807, 2.05) is 12.1 Å². The van der Waals surface area contributed by atoms with Crippen LogP contribution in [0.15, 0.2) is 62.2 Å². The van der Waals surface area contributed by atoms with E-state index in [1.165, 1.54) is 12.1 Å². The molecule has 0 amide bonds. The number of hydrogen-bond donors (Lipinski definition) is 0. The average molecular weight is 429 g/mol. The lowest BCUT2D eigenvalue weighted by Crippen LogP contribution is -2.05. The van der Waals surface area contributed by atoms with Gasteiger partial charge < -0.3 is 18.6 Å². The molecule has 27 heavy (non-hydrogen) atoms. The van der Waals surface area contributed by atoms with Crippen LogP contribution < -0.4 is 15.1 Å². The Morgan fingerprint density at radius 1 is 1.11 bits per heavy atom. The number of halogens is 1. The molecule has 4 rings (SSSR count). The van der Waals surface area contributed by atoms with Gasteiger partial charge >= 0.3 is 11.6 Å². The van der Waals surface area contributed by atoms with Gasteiger partial charge in [0.15, 0.2) is 11.5 Å². The van der Waals surface area contributed by atoms with Crippen molar-refractivity contribution in [2.24, 2.45) is 0 Å². The second-order valence-corrected chi connectivity index (χ2v) is 6.70. The van der Waals surface area contributed by atoms with Gasteiger partial charge in [0.05, 0.1) is 0 Å². The maximum atomic E-state index is 12.0. The lowest BCUT2D eigenvalue weighted by atomic mass is 10.1. The summed E-state index contributed by atoms with van der Waals surface area (Å²) in [7, 11) is 0. The zero-order valence-electron chi connectivity index (χ0n) is 13.9. The first kappa shape index (κ1) is 17.4. The molecular formula is C20H13BrO6. The summed E-state index contributed by atoms with van der Waals surface area (Å²) >= 11 is 3.33. The molecule has 0 bridgehead atoms. The van der Waals surface area contributed by atoms with E-state index in [0.29, 0.717) is 28.0 Å². The zero-order chi connectivity index (χ0) is 18.8. The average Bonchev–Trinajstić information content (AvgIpc) is 3.11. The van der Waals surface area contributed by atoms with Crippen LogP contribution in [0.25, 0.3) is 17.0 Å². The van der Waals surface area contributed by atoms with E-state index in [4.69, 9.17) is 18.6 Å². The van der Waals surface area contributed by atoms with Crippen molar-refractivity contribution in [1.82, 2.24) is 0 Å². The number of rotatable bonds is 4. The molecular weight excluding hydrogens is 416 g/mol. The Labute approximate surface area is 162 Å². The normalized spacial score (nSPS) is 12.6. The molecule has 6 nitrogen and oxygen atoms in total. The molecule has 0 atom stereocenters. The van der Waals surface area contributed by atoms with Crippen molar-refractivity contribution in [2.75, 3.05) is 6.79 Å². The van der Waals surface area contributed by atoms with Crippen LogP contribution in [0, 0.1) is 0 Å². The molecule has 136 valence electrons. The fourth-order valence-corrected chi connectivity index (χ4v) is 3.04. The summed E-state index contributed by atoms with van der Waals surface area (Å²) in [5.41, 5.74) is 1.30. The Bertz CT molecular complexity index is 1120. The van der Waals surface area contributed by atoms with Crippen LogP contribution >= 0.6 is 15.9 Å². The Hall–Kier alpha value is -3.06. The van der Waals surface area contributed by atoms with E-state index in [0.717, 1.165) is 10.0 Å². The number of hydrogen-bond acceptors (Lipinski definition) is 6. The summed E-state index contributed by atoms with van der Waals surface area (Å²) in [5, 5.41) is 0.713. The molecule has 0 spiro atoms. The highest BCUT2D eigenvalue weighted by atomic mass is 79.9. The second-order valence-electron chi connectivity index (χ2n) is 5.78. The fourth-order valence-electron chi connectivity index (χ4n) is 2.70. The lowest BCUT2D eigenvalue weighted by molar-refractivity contribution is -0.138. The molecule has 7 heteroatoms. The van der Waals surface area contributed by atoms with Crippen molar-refractivity contribution < 1.29 is 23.4 Å². The summed E-state index contributed by atoms with van der Waals surface area (Å²) in [6, 6.07) is 12.0. The van der Waals surface area contributed by atoms with Gasteiger partial charge in [-0.05, 0) is 42.0 Å². The quantitative estimate of drug-likeness (QED) is 0.354. The van der Waals surface area contributed by atoms with Crippen molar-refractivity contribution in [2.45, 2.75) is 6.61 Å². The van der Waals surface area contributed by atoms with E-state index < -0.39 is 11.6 Å². The molecule has 0 fully saturated rings. The Morgan fingerprint density at radius 3 is 2.85 bits per heavy atom. The summed E-state index contributed by atoms with van der Waals surface area (Å²) in [6.07, 6.45) is 2.95. The topological polar surface area (TPSA) is 75.0 Å². The van der Waals surface area contributed by atoms with Crippen molar-refractivity contribution in [3.63, 3.8) is 0 Å². The van der Waals surface area contributed by atoms with E-state index in [2.05, 4.69) is 15.9 Å². The predicted octanol–water partition coefficient (Wildman–Crippen LogP) is 4.04.